The van der Waals surface area contributed by atoms with Gasteiger partial charge in [-0.1, -0.05) is 13.3 Å². The number of nitrogens with zero attached hydrogens (tertiary/aromatic N) is 2. The maximum atomic E-state index is 12.1. The van der Waals surface area contributed by atoms with Crippen LogP contribution in [-0.4, -0.2) is 62.0 Å². The van der Waals surface area contributed by atoms with Crippen molar-refractivity contribution in [1.82, 2.24) is 9.80 Å². The monoisotopic (exact) mass is 256 g/mol. The van der Waals surface area contributed by atoms with E-state index in [2.05, 4.69) is 6.92 Å². The molecule has 1 aliphatic heterocycles. The largest absolute Gasteiger partial charge is 0.383 e. The Kier molecular flexibility index (Phi) is 6.12. The van der Waals surface area contributed by atoms with Crippen molar-refractivity contribution < 1.29 is 14.3 Å². The van der Waals surface area contributed by atoms with E-state index in [1.165, 1.54) is 0 Å². The molecule has 1 rings (SSSR count). The first-order valence-electron chi connectivity index (χ1n) is 6.61. The minimum absolute atomic E-state index is 0.0642. The van der Waals surface area contributed by atoms with Crippen molar-refractivity contribution in [2.45, 2.75) is 26.2 Å². The van der Waals surface area contributed by atoms with Crippen molar-refractivity contribution in [3.63, 3.8) is 0 Å². The van der Waals surface area contributed by atoms with Gasteiger partial charge in [0.2, 0.25) is 11.8 Å². The van der Waals surface area contributed by atoms with Gasteiger partial charge in [-0.05, 0) is 6.42 Å². The molecule has 1 aliphatic rings. The highest BCUT2D eigenvalue weighted by Gasteiger charge is 2.35. The molecule has 1 fully saturated rings. The van der Waals surface area contributed by atoms with Gasteiger partial charge in [0, 0.05) is 40.2 Å². The van der Waals surface area contributed by atoms with Gasteiger partial charge in [-0.15, -0.1) is 0 Å². The number of carbonyl (C=O) groups is 2. The predicted molar refractivity (Wildman–Crippen MR) is 69.1 cm³/mol. The molecule has 2 amide bonds. The molecule has 0 N–H and O–H groups in total. The number of rotatable bonds is 7. The zero-order chi connectivity index (χ0) is 13.5. The Morgan fingerprint density at radius 1 is 1.56 bits per heavy atom. The van der Waals surface area contributed by atoms with E-state index in [0.29, 0.717) is 26.1 Å². The van der Waals surface area contributed by atoms with Crippen LogP contribution < -0.4 is 0 Å². The van der Waals surface area contributed by atoms with E-state index in [1.54, 1.807) is 16.9 Å². The summed E-state index contributed by atoms with van der Waals surface area (Å²) >= 11 is 0. The number of hydrogen-bond donors (Lipinski definition) is 0. The molecule has 0 aromatic rings. The Morgan fingerprint density at radius 3 is 2.89 bits per heavy atom. The number of ether oxygens (including phenoxy) is 1. The van der Waals surface area contributed by atoms with E-state index in [9.17, 15) is 9.59 Å². The normalized spacial score (nSPS) is 19.4. The van der Waals surface area contributed by atoms with Crippen LogP contribution in [0, 0.1) is 5.92 Å². The lowest BCUT2D eigenvalue weighted by atomic mass is 10.1. The Labute approximate surface area is 109 Å². The van der Waals surface area contributed by atoms with E-state index in [1.807, 2.05) is 7.05 Å². The minimum Gasteiger partial charge on any atom is -0.383 e. The molecular formula is C13H24N2O3. The minimum atomic E-state index is -0.170. The fourth-order valence-electron chi connectivity index (χ4n) is 2.17. The SMILES string of the molecule is CCCCN(C)C(=O)C1CC(=O)N(CCOC)C1. The molecule has 0 aromatic heterocycles. The highest BCUT2D eigenvalue weighted by molar-refractivity contribution is 5.89. The molecular weight excluding hydrogens is 232 g/mol. The first kappa shape index (κ1) is 15.0. The lowest BCUT2D eigenvalue weighted by Crippen LogP contribution is -2.35. The van der Waals surface area contributed by atoms with Crippen LogP contribution in [0.25, 0.3) is 0 Å². The first-order chi connectivity index (χ1) is 8.60. The van der Waals surface area contributed by atoms with Gasteiger partial charge in [0.25, 0.3) is 0 Å². The van der Waals surface area contributed by atoms with Crippen LogP contribution in [0.3, 0.4) is 0 Å². The first-order valence-corrected chi connectivity index (χ1v) is 6.61. The van der Waals surface area contributed by atoms with Crippen molar-refractivity contribution in [3.05, 3.63) is 0 Å². The average Bonchev–Trinajstić information content (AvgIpc) is 2.73. The molecule has 104 valence electrons. The van der Waals surface area contributed by atoms with Crippen molar-refractivity contribution >= 4 is 11.8 Å². The molecule has 1 atom stereocenters. The molecule has 0 aromatic carbocycles. The van der Waals surface area contributed by atoms with Crippen LogP contribution in [0.4, 0.5) is 0 Å². The Hall–Kier alpha value is -1.10. The Morgan fingerprint density at radius 2 is 2.28 bits per heavy atom. The van der Waals surface area contributed by atoms with E-state index in [4.69, 9.17) is 4.74 Å². The molecule has 0 spiro atoms. The highest BCUT2D eigenvalue weighted by Crippen LogP contribution is 2.19. The van der Waals surface area contributed by atoms with Crippen molar-refractivity contribution in [2.24, 2.45) is 5.92 Å². The third-order valence-electron chi connectivity index (χ3n) is 3.35. The van der Waals surface area contributed by atoms with Crippen LogP contribution >= 0.6 is 0 Å². The molecule has 0 radical (unpaired) electrons. The maximum Gasteiger partial charge on any atom is 0.227 e. The van der Waals surface area contributed by atoms with Gasteiger partial charge in [0.05, 0.1) is 12.5 Å². The number of methoxy groups -OCH3 is 1. The van der Waals surface area contributed by atoms with Gasteiger partial charge in [-0.25, -0.2) is 0 Å². The summed E-state index contributed by atoms with van der Waals surface area (Å²) in [6.07, 6.45) is 2.43. The third-order valence-corrected chi connectivity index (χ3v) is 3.35. The second-order valence-corrected chi connectivity index (χ2v) is 4.85. The quantitative estimate of drug-likeness (QED) is 0.675. The van der Waals surface area contributed by atoms with Crippen LogP contribution in [0.1, 0.15) is 26.2 Å². The molecule has 1 heterocycles. The van der Waals surface area contributed by atoms with Crippen LogP contribution in [0.2, 0.25) is 0 Å². The Balaban J connectivity index is 2.43. The van der Waals surface area contributed by atoms with E-state index < -0.39 is 0 Å². The summed E-state index contributed by atoms with van der Waals surface area (Å²) in [4.78, 5) is 27.3. The number of carbonyl (C=O) groups excluding carboxylic acids is 2. The second-order valence-electron chi connectivity index (χ2n) is 4.85. The Bertz CT molecular complexity index is 294. The maximum absolute atomic E-state index is 12.1. The van der Waals surface area contributed by atoms with E-state index >= 15 is 0 Å². The lowest BCUT2D eigenvalue weighted by molar-refractivity contribution is -0.134. The molecule has 1 saturated heterocycles. The summed E-state index contributed by atoms with van der Waals surface area (Å²) in [5.41, 5.74) is 0. The number of likely N-dealkylation sites (tertiary alicyclic amines) is 1. The number of amides is 2. The smallest absolute Gasteiger partial charge is 0.227 e. The molecule has 18 heavy (non-hydrogen) atoms. The van der Waals surface area contributed by atoms with Gasteiger partial charge < -0.3 is 14.5 Å². The zero-order valence-corrected chi connectivity index (χ0v) is 11.6. The number of hydrogen-bond acceptors (Lipinski definition) is 3. The summed E-state index contributed by atoms with van der Waals surface area (Å²) < 4.78 is 4.96. The number of unbranched alkanes of at least 4 members (excludes halogenated alkanes) is 1. The van der Waals surface area contributed by atoms with Gasteiger partial charge >= 0.3 is 0 Å². The summed E-state index contributed by atoms with van der Waals surface area (Å²) in [6.45, 7) is 4.52. The molecule has 0 bridgehead atoms. The fourth-order valence-corrected chi connectivity index (χ4v) is 2.17. The van der Waals surface area contributed by atoms with Crippen LogP contribution in [0.5, 0.6) is 0 Å². The highest BCUT2D eigenvalue weighted by atomic mass is 16.5. The summed E-state index contributed by atoms with van der Waals surface area (Å²) in [6, 6.07) is 0. The summed E-state index contributed by atoms with van der Waals surface area (Å²) in [5, 5.41) is 0. The van der Waals surface area contributed by atoms with Gasteiger partial charge in [0.15, 0.2) is 0 Å². The third kappa shape index (κ3) is 3.98. The summed E-state index contributed by atoms with van der Waals surface area (Å²) in [5.74, 6) is -0.0118. The van der Waals surface area contributed by atoms with Crippen molar-refractivity contribution in [2.75, 3.05) is 40.4 Å². The lowest BCUT2D eigenvalue weighted by Gasteiger charge is -2.21. The van der Waals surface area contributed by atoms with Gasteiger partial charge in [-0.2, -0.15) is 0 Å². The van der Waals surface area contributed by atoms with Crippen molar-refractivity contribution in [3.8, 4) is 0 Å². The van der Waals surface area contributed by atoms with E-state index in [-0.39, 0.29) is 17.7 Å². The molecule has 5 nitrogen and oxygen atoms in total. The van der Waals surface area contributed by atoms with Crippen LogP contribution in [0.15, 0.2) is 0 Å². The van der Waals surface area contributed by atoms with Gasteiger partial charge in [0.1, 0.15) is 0 Å². The molecule has 0 saturated carbocycles. The second kappa shape index (κ2) is 7.36. The molecule has 1 unspecified atom stereocenters. The zero-order valence-electron chi connectivity index (χ0n) is 11.6. The molecule has 5 heteroatoms. The van der Waals surface area contributed by atoms with Crippen molar-refractivity contribution in [1.29, 1.82) is 0 Å². The standard InChI is InChI=1S/C13H24N2O3/c1-4-5-6-14(2)13(17)11-9-12(16)15(10-11)7-8-18-3/h11H,4-10H2,1-3H3. The van der Waals surface area contributed by atoms with Gasteiger partial charge in [-0.3, -0.25) is 9.59 Å². The van der Waals surface area contributed by atoms with E-state index in [0.717, 1.165) is 19.4 Å². The fraction of sp³-hybridized carbons (Fsp3) is 0.846. The molecule has 0 aliphatic carbocycles. The predicted octanol–water partition coefficient (Wildman–Crippen LogP) is 0.740. The average molecular weight is 256 g/mol. The topological polar surface area (TPSA) is 49.9 Å². The summed E-state index contributed by atoms with van der Waals surface area (Å²) in [7, 11) is 3.43. The van der Waals surface area contributed by atoms with Crippen LogP contribution in [-0.2, 0) is 14.3 Å².